The van der Waals surface area contributed by atoms with Gasteiger partial charge in [-0.15, -0.1) is 10.2 Å². The van der Waals surface area contributed by atoms with E-state index in [1.807, 2.05) is 55.5 Å². The van der Waals surface area contributed by atoms with Crippen LogP contribution >= 0.6 is 34.7 Å². The van der Waals surface area contributed by atoms with Crippen molar-refractivity contribution >= 4 is 51.4 Å². The van der Waals surface area contributed by atoms with Crippen molar-refractivity contribution < 1.29 is 4.79 Å². The Balaban J connectivity index is 1.80. The molecule has 0 saturated heterocycles. The quantitative estimate of drug-likeness (QED) is 0.560. The lowest BCUT2D eigenvalue weighted by molar-refractivity contribution is -0.128. The molecule has 0 bridgehead atoms. The minimum atomic E-state index is -0.366. The molecular formula is C19H19ClN4OS2. The molecule has 1 atom stereocenters. The van der Waals surface area contributed by atoms with E-state index < -0.39 is 0 Å². The second-order valence-electron chi connectivity index (χ2n) is 6.05. The van der Waals surface area contributed by atoms with Crippen LogP contribution in [0.2, 0.25) is 5.02 Å². The highest BCUT2D eigenvalue weighted by Crippen LogP contribution is 2.39. The Labute approximate surface area is 171 Å². The van der Waals surface area contributed by atoms with Crippen molar-refractivity contribution in [1.29, 1.82) is 0 Å². The van der Waals surface area contributed by atoms with Crippen LogP contribution in [0.1, 0.15) is 16.4 Å². The first-order chi connectivity index (χ1) is 13.0. The molecule has 3 rings (SSSR count). The topological polar surface area (TPSA) is 58.1 Å². The molecule has 0 radical (unpaired) electrons. The molecule has 0 saturated carbocycles. The molecule has 8 heteroatoms. The van der Waals surface area contributed by atoms with Gasteiger partial charge < -0.3 is 10.2 Å². The molecule has 2 aromatic carbocycles. The molecule has 1 N–H and O–H groups in total. The van der Waals surface area contributed by atoms with E-state index in [1.165, 1.54) is 23.1 Å². The van der Waals surface area contributed by atoms with Gasteiger partial charge in [0.25, 0.3) is 0 Å². The summed E-state index contributed by atoms with van der Waals surface area (Å²) >= 11 is 8.98. The van der Waals surface area contributed by atoms with Gasteiger partial charge in [-0.25, -0.2) is 0 Å². The number of nitrogens with zero attached hydrogens (tertiary/aromatic N) is 3. The molecule has 1 amide bonds. The van der Waals surface area contributed by atoms with E-state index in [0.717, 1.165) is 21.2 Å². The summed E-state index contributed by atoms with van der Waals surface area (Å²) < 4.78 is 0.723. The second-order valence-corrected chi connectivity index (χ2v) is 8.79. The van der Waals surface area contributed by atoms with Crippen LogP contribution in [-0.2, 0) is 4.79 Å². The average molecular weight is 419 g/mol. The number of benzene rings is 2. The van der Waals surface area contributed by atoms with Gasteiger partial charge in [0.15, 0.2) is 4.34 Å². The molecule has 27 heavy (non-hydrogen) atoms. The highest BCUT2D eigenvalue weighted by atomic mass is 35.5. The number of anilines is 2. The predicted molar refractivity (Wildman–Crippen MR) is 113 cm³/mol. The van der Waals surface area contributed by atoms with Gasteiger partial charge in [-0.1, -0.05) is 71.1 Å². The Kier molecular flexibility index (Phi) is 6.36. The Hall–Kier alpha value is -2.09. The minimum absolute atomic E-state index is 0.0154. The van der Waals surface area contributed by atoms with Crippen molar-refractivity contribution in [2.75, 3.05) is 19.4 Å². The molecular weight excluding hydrogens is 400 g/mol. The number of rotatable bonds is 6. The van der Waals surface area contributed by atoms with Crippen LogP contribution in [0.4, 0.5) is 10.8 Å². The minimum Gasteiger partial charge on any atom is -0.348 e. The molecule has 0 aliphatic rings. The zero-order valence-corrected chi connectivity index (χ0v) is 17.5. The van der Waals surface area contributed by atoms with Crippen LogP contribution < -0.4 is 5.32 Å². The van der Waals surface area contributed by atoms with E-state index in [1.54, 1.807) is 19.0 Å². The molecule has 0 aliphatic carbocycles. The fourth-order valence-electron chi connectivity index (χ4n) is 2.39. The van der Waals surface area contributed by atoms with E-state index in [0.29, 0.717) is 10.2 Å². The van der Waals surface area contributed by atoms with E-state index in [9.17, 15) is 4.79 Å². The van der Waals surface area contributed by atoms with E-state index in [2.05, 4.69) is 15.5 Å². The number of nitrogens with one attached hydrogen (secondary N) is 1. The van der Waals surface area contributed by atoms with Crippen LogP contribution in [0.3, 0.4) is 0 Å². The van der Waals surface area contributed by atoms with Gasteiger partial charge in [0.05, 0.1) is 0 Å². The first-order valence-corrected chi connectivity index (χ1v) is 10.3. The number of amides is 1. The summed E-state index contributed by atoms with van der Waals surface area (Å²) in [6, 6.07) is 15.4. The molecule has 1 unspecified atom stereocenters. The lowest BCUT2D eigenvalue weighted by Crippen LogP contribution is -2.26. The van der Waals surface area contributed by atoms with Crippen molar-refractivity contribution in [2.24, 2.45) is 0 Å². The van der Waals surface area contributed by atoms with Gasteiger partial charge in [0, 0.05) is 24.8 Å². The third-order valence-corrected chi connectivity index (χ3v) is 6.48. The van der Waals surface area contributed by atoms with Crippen LogP contribution in [-0.4, -0.2) is 35.1 Å². The van der Waals surface area contributed by atoms with Crippen LogP contribution in [0.5, 0.6) is 0 Å². The SMILES string of the molecule is Cc1c(Cl)cccc1Nc1nnc(SC(C(=O)N(C)C)c2ccccc2)s1. The maximum atomic E-state index is 12.7. The lowest BCUT2D eigenvalue weighted by atomic mass is 10.1. The fourth-order valence-corrected chi connectivity index (χ4v) is 4.67. The molecule has 1 aromatic heterocycles. The largest absolute Gasteiger partial charge is 0.348 e. The molecule has 0 aliphatic heterocycles. The highest BCUT2D eigenvalue weighted by molar-refractivity contribution is 8.01. The Bertz CT molecular complexity index is 930. The van der Waals surface area contributed by atoms with Gasteiger partial charge in [0.2, 0.25) is 11.0 Å². The second kappa shape index (κ2) is 8.73. The van der Waals surface area contributed by atoms with E-state index in [4.69, 9.17) is 11.6 Å². The summed E-state index contributed by atoms with van der Waals surface area (Å²) in [6.45, 7) is 1.95. The van der Waals surface area contributed by atoms with Gasteiger partial charge >= 0.3 is 0 Å². The number of aromatic nitrogens is 2. The van der Waals surface area contributed by atoms with Crippen molar-refractivity contribution in [3.05, 3.63) is 64.7 Å². The van der Waals surface area contributed by atoms with E-state index >= 15 is 0 Å². The summed E-state index contributed by atoms with van der Waals surface area (Å²) in [5.74, 6) is 0.0154. The predicted octanol–water partition coefficient (Wildman–Crippen LogP) is 5.17. The summed E-state index contributed by atoms with van der Waals surface area (Å²) in [5, 5.41) is 12.7. The summed E-state index contributed by atoms with van der Waals surface area (Å²) in [5.41, 5.74) is 2.78. The maximum absolute atomic E-state index is 12.7. The lowest BCUT2D eigenvalue weighted by Gasteiger charge is -2.19. The average Bonchev–Trinajstić information content (AvgIpc) is 3.11. The Morgan fingerprint density at radius 2 is 1.89 bits per heavy atom. The molecule has 0 fully saturated rings. The van der Waals surface area contributed by atoms with Crippen LogP contribution in [0.15, 0.2) is 52.9 Å². The van der Waals surface area contributed by atoms with Crippen molar-refractivity contribution in [2.45, 2.75) is 16.5 Å². The number of carbonyl (C=O) groups is 1. The number of thioether (sulfide) groups is 1. The maximum Gasteiger partial charge on any atom is 0.240 e. The number of carbonyl (C=O) groups excluding carboxylic acids is 1. The van der Waals surface area contributed by atoms with E-state index in [-0.39, 0.29) is 11.2 Å². The Morgan fingerprint density at radius 3 is 2.59 bits per heavy atom. The third kappa shape index (κ3) is 4.80. The zero-order valence-electron chi connectivity index (χ0n) is 15.1. The molecule has 140 valence electrons. The molecule has 5 nitrogen and oxygen atoms in total. The summed E-state index contributed by atoms with van der Waals surface area (Å²) in [4.78, 5) is 14.3. The summed E-state index contributed by atoms with van der Waals surface area (Å²) in [7, 11) is 3.52. The first kappa shape index (κ1) is 19.7. The normalized spacial score (nSPS) is 11.9. The first-order valence-electron chi connectivity index (χ1n) is 8.24. The monoisotopic (exact) mass is 418 g/mol. The standard InChI is InChI=1S/C19H19ClN4OS2/c1-12-14(20)10-7-11-15(12)21-18-22-23-19(27-18)26-16(17(25)24(2)3)13-8-5-4-6-9-13/h4-11,16H,1-3H3,(H,21,22). The smallest absolute Gasteiger partial charge is 0.240 e. The molecule has 1 heterocycles. The van der Waals surface area contributed by atoms with Gasteiger partial charge in [-0.2, -0.15) is 0 Å². The number of hydrogen-bond acceptors (Lipinski definition) is 6. The van der Waals surface area contributed by atoms with Crippen molar-refractivity contribution in [3.8, 4) is 0 Å². The molecule has 0 spiro atoms. The van der Waals surface area contributed by atoms with Crippen LogP contribution in [0.25, 0.3) is 0 Å². The third-order valence-electron chi connectivity index (χ3n) is 3.90. The fraction of sp³-hybridized carbons (Fsp3) is 0.211. The van der Waals surface area contributed by atoms with Gasteiger partial charge in [0.1, 0.15) is 5.25 Å². The zero-order chi connectivity index (χ0) is 19.4. The molecule has 3 aromatic rings. The van der Waals surface area contributed by atoms with Crippen LogP contribution in [0, 0.1) is 6.92 Å². The summed E-state index contributed by atoms with van der Waals surface area (Å²) in [6.07, 6.45) is 0. The van der Waals surface area contributed by atoms with Gasteiger partial charge in [-0.05, 0) is 30.2 Å². The van der Waals surface area contributed by atoms with Crippen molar-refractivity contribution in [1.82, 2.24) is 15.1 Å². The Morgan fingerprint density at radius 1 is 1.15 bits per heavy atom. The number of halogens is 1. The number of hydrogen-bond donors (Lipinski definition) is 1. The van der Waals surface area contributed by atoms with Gasteiger partial charge in [-0.3, -0.25) is 4.79 Å². The van der Waals surface area contributed by atoms with Crippen molar-refractivity contribution in [3.63, 3.8) is 0 Å². The highest BCUT2D eigenvalue weighted by Gasteiger charge is 2.25. The number of likely N-dealkylation sites (N-methyl/N-ethyl adjacent to an activating group) is 1.